The lowest BCUT2D eigenvalue weighted by Crippen LogP contribution is -2.05. The first-order valence-corrected chi connectivity index (χ1v) is 6.92. The zero-order valence-corrected chi connectivity index (χ0v) is 12.1. The maximum atomic E-state index is 5.59. The van der Waals surface area contributed by atoms with Gasteiger partial charge in [-0.15, -0.1) is 0 Å². The van der Waals surface area contributed by atoms with Crippen molar-refractivity contribution in [1.29, 1.82) is 0 Å². The molecule has 0 aliphatic rings. The third-order valence-electron chi connectivity index (χ3n) is 3.18. The summed E-state index contributed by atoms with van der Waals surface area (Å²) in [5.41, 5.74) is 0.890. The minimum atomic E-state index is 0.490. The molecule has 0 aliphatic carbocycles. The molecule has 3 aromatic rings. The van der Waals surface area contributed by atoms with Crippen molar-refractivity contribution in [3.05, 3.63) is 42.1 Å². The van der Waals surface area contributed by atoms with Gasteiger partial charge in [-0.2, -0.15) is 4.98 Å². The summed E-state index contributed by atoms with van der Waals surface area (Å²) >= 11 is 0. The Morgan fingerprint density at radius 3 is 2.81 bits per heavy atom. The molecular weight excluding hydrogens is 266 g/mol. The molecule has 0 spiro atoms. The first kappa shape index (κ1) is 13.4. The molecule has 2 heterocycles. The van der Waals surface area contributed by atoms with E-state index in [4.69, 9.17) is 4.42 Å². The highest BCUT2D eigenvalue weighted by atomic mass is 16.4. The fourth-order valence-electron chi connectivity index (χ4n) is 2.08. The molecule has 2 N–H and O–H groups in total. The zero-order valence-electron chi connectivity index (χ0n) is 12.1. The molecule has 0 aliphatic heterocycles. The molecule has 1 aromatic carbocycles. The van der Waals surface area contributed by atoms with E-state index in [1.54, 1.807) is 13.2 Å². The number of aromatic nitrogens is 3. The number of benzene rings is 1. The Balaban J connectivity index is 1.88. The Kier molecular flexibility index (Phi) is 3.68. The molecule has 0 amide bonds. The maximum Gasteiger partial charge on any atom is 0.224 e. The average molecular weight is 283 g/mol. The Morgan fingerprint density at radius 2 is 2.05 bits per heavy atom. The number of hydrogen-bond acceptors (Lipinski definition) is 6. The van der Waals surface area contributed by atoms with Crippen LogP contribution in [-0.2, 0) is 13.0 Å². The summed E-state index contributed by atoms with van der Waals surface area (Å²) in [6, 6.07) is 7.88. The summed E-state index contributed by atoms with van der Waals surface area (Å²) in [6.07, 6.45) is 2.60. The van der Waals surface area contributed by atoms with Crippen molar-refractivity contribution in [2.75, 3.05) is 17.7 Å². The maximum absolute atomic E-state index is 5.59. The molecule has 108 valence electrons. The van der Waals surface area contributed by atoms with Crippen LogP contribution < -0.4 is 10.6 Å². The summed E-state index contributed by atoms with van der Waals surface area (Å²) in [4.78, 5) is 13.1. The van der Waals surface area contributed by atoms with Crippen molar-refractivity contribution in [3.63, 3.8) is 0 Å². The molecule has 0 saturated carbocycles. The highest BCUT2D eigenvalue weighted by Gasteiger charge is 2.08. The SMILES string of the molecule is CCc1cnc(CNc2nc(NC)nc3ccccc23)o1. The summed E-state index contributed by atoms with van der Waals surface area (Å²) < 4.78 is 5.59. The summed E-state index contributed by atoms with van der Waals surface area (Å²) in [5.74, 6) is 2.88. The third-order valence-corrected chi connectivity index (χ3v) is 3.18. The van der Waals surface area contributed by atoms with E-state index >= 15 is 0 Å². The van der Waals surface area contributed by atoms with Crippen LogP contribution in [0.2, 0.25) is 0 Å². The Labute approximate surface area is 122 Å². The summed E-state index contributed by atoms with van der Waals surface area (Å²) in [6.45, 7) is 2.53. The van der Waals surface area contributed by atoms with E-state index in [0.29, 0.717) is 18.4 Å². The normalized spacial score (nSPS) is 10.8. The van der Waals surface area contributed by atoms with Crippen molar-refractivity contribution in [2.24, 2.45) is 0 Å². The Morgan fingerprint density at radius 1 is 1.19 bits per heavy atom. The second-order valence-corrected chi connectivity index (χ2v) is 4.59. The van der Waals surface area contributed by atoms with E-state index in [2.05, 4.69) is 25.6 Å². The van der Waals surface area contributed by atoms with Crippen LogP contribution in [-0.4, -0.2) is 22.0 Å². The monoisotopic (exact) mass is 283 g/mol. The van der Waals surface area contributed by atoms with Gasteiger partial charge < -0.3 is 15.1 Å². The molecule has 6 heteroatoms. The molecule has 2 aromatic heterocycles. The van der Waals surface area contributed by atoms with Gasteiger partial charge in [0.1, 0.15) is 11.6 Å². The van der Waals surface area contributed by atoms with Gasteiger partial charge in [-0.1, -0.05) is 19.1 Å². The highest BCUT2D eigenvalue weighted by Crippen LogP contribution is 2.22. The zero-order chi connectivity index (χ0) is 14.7. The third kappa shape index (κ3) is 2.79. The summed E-state index contributed by atoms with van der Waals surface area (Å²) in [7, 11) is 1.80. The molecule has 0 unspecified atom stereocenters. The van der Waals surface area contributed by atoms with Crippen molar-refractivity contribution in [2.45, 2.75) is 19.9 Å². The second-order valence-electron chi connectivity index (χ2n) is 4.59. The summed E-state index contributed by atoms with van der Waals surface area (Å²) in [5, 5.41) is 7.21. The minimum Gasteiger partial charge on any atom is -0.444 e. The fourth-order valence-corrected chi connectivity index (χ4v) is 2.08. The molecule has 3 rings (SSSR count). The molecule has 21 heavy (non-hydrogen) atoms. The molecule has 0 bridgehead atoms. The van der Waals surface area contributed by atoms with Crippen molar-refractivity contribution in [3.8, 4) is 0 Å². The first-order chi connectivity index (χ1) is 10.3. The van der Waals surface area contributed by atoms with Gasteiger partial charge in [0.05, 0.1) is 18.3 Å². The lowest BCUT2D eigenvalue weighted by Gasteiger charge is -2.09. The lowest BCUT2D eigenvalue weighted by atomic mass is 10.2. The van der Waals surface area contributed by atoms with E-state index in [1.165, 1.54) is 0 Å². The first-order valence-electron chi connectivity index (χ1n) is 6.92. The van der Waals surface area contributed by atoms with Gasteiger partial charge in [-0.05, 0) is 12.1 Å². The van der Waals surface area contributed by atoms with Gasteiger partial charge in [-0.25, -0.2) is 9.97 Å². The molecular formula is C15H17N5O. The Bertz CT molecular complexity index is 753. The van der Waals surface area contributed by atoms with Gasteiger partial charge in [0.25, 0.3) is 0 Å². The van der Waals surface area contributed by atoms with Crippen LogP contribution in [0.3, 0.4) is 0 Å². The predicted octanol–water partition coefficient (Wildman–Crippen LogP) is 2.83. The molecule has 0 fully saturated rings. The quantitative estimate of drug-likeness (QED) is 0.750. The number of hydrogen-bond donors (Lipinski definition) is 2. The van der Waals surface area contributed by atoms with Crippen LogP contribution in [0.25, 0.3) is 10.9 Å². The number of para-hydroxylation sites is 1. The largest absolute Gasteiger partial charge is 0.444 e. The molecule has 0 saturated heterocycles. The van der Waals surface area contributed by atoms with Gasteiger partial charge >= 0.3 is 0 Å². The Hall–Kier alpha value is -2.63. The van der Waals surface area contributed by atoms with Crippen LogP contribution in [0.1, 0.15) is 18.6 Å². The van der Waals surface area contributed by atoms with Crippen molar-refractivity contribution < 1.29 is 4.42 Å². The number of fused-ring (bicyclic) bond motifs is 1. The fraction of sp³-hybridized carbons (Fsp3) is 0.267. The van der Waals surface area contributed by atoms with E-state index in [1.807, 2.05) is 31.2 Å². The standard InChI is InChI=1S/C15H17N5O/c1-3-10-8-17-13(21-10)9-18-14-11-6-4-5-7-12(11)19-15(16-2)20-14/h4-8H,3,9H2,1-2H3,(H2,16,18,19,20). The molecule has 0 atom stereocenters. The molecule has 6 nitrogen and oxygen atoms in total. The van der Waals surface area contributed by atoms with E-state index < -0.39 is 0 Å². The number of anilines is 2. The highest BCUT2D eigenvalue weighted by molar-refractivity contribution is 5.89. The predicted molar refractivity (Wildman–Crippen MR) is 82.3 cm³/mol. The van der Waals surface area contributed by atoms with Gasteiger partial charge in [0, 0.05) is 18.9 Å². The minimum absolute atomic E-state index is 0.490. The van der Waals surface area contributed by atoms with Gasteiger partial charge in [0.15, 0.2) is 0 Å². The number of nitrogens with zero attached hydrogens (tertiary/aromatic N) is 3. The van der Waals surface area contributed by atoms with Crippen molar-refractivity contribution in [1.82, 2.24) is 15.0 Å². The average Bonchev–Trinajstić information content (AvgIpc) is 3.00. The van der Waals surface area contributed by atoms with E-state index in [-0.39, 0.29) is 0 Å². The molecule has 0 radical (unpaired) electrons. The smallest absolute Gasteiger partial charge is 0.224 e. The van der Waals surface area contributed by atoms with Gasteiger partial charge in [0.2, 0.25) is 11.8 Å². The number of nitrogens with one attached hydrogen (secondary N) is 2. The van der Waals surface area contributed by atoms with Gasteiger partial charge in [-0.3, -0.25) is 0 Å². The van der Waals surface area contributed by atoms with Crippen LogP contribution in [0.5, 0.6) is 0 Å². The van der Waals surface area contributed by atoms with Crippen molar-refractivity contribution >= 4 is 22.7 Å². The van der Waals surface area contributed by atoms with E-state index in [0.717, 1.165) is 28.9 Å². The van der Waals surface area contributed by atoms with Crippen LogP contribution in [0.4, 0.5) is 11.8 Å². The number of aryl methyl sites for hydroxylation is 1. The van der Waals surface area contributed by atoms with Crippen LogP contribution in [0.15, 0.2) is 34.9 Å². The van der Waals surface area contributed by atoms with E-state index in [9.17, 15) is 0 Å². The second kappa shape index (κ2) is 5.78. The van der Waals surface area contributed by atoms with Crippen LogP contribution in [0, 0.1) is 0 Å². The van der Waals surface area contributed by atoms with Crippen LogP contribution >= 0.6 is 0 Å². The number of oxazole rings is 1. The number of rotatable bonds is 5. The topological polar surface area (TPSA) is 75.9 Å². The lowest BCUT2D eigenvalue weighted by molar-refractivity contribution is 0.465.